The van der Waals surface area contributed by atoms with Crippen molar-refractivity contribution in [1.29, 1.82) is 0 Å². The highest BCUT2D eigenvalue weighted by molar-refractivity contribution is 6.04. The second kappa shape index (κ2) is 6.41. The summed E-state index contributed by atoms with van der Waals surface area (Å²) in [6.45, 7) is 4.87. The Morgan fingerprint density at radius 2 is 2.00 bits per heavy atom. The molecule has 2 rings (SSSR count). The van der Waals surface area contributed by atoms with E-state index in [4.69, 9.17) is 0 Å². The summed E-state index contributed by atoms with van der Waals surface area (Å²) in [4.78, 5) is 23.7. The number of anilines is 2. The first-order valence-electron chi connectivity index (χ1n) is 6.99. The van der Waals surface area contributed by atoms with Gasteiger partial charge in [-0.1, -0.05) is 26.0 Å². The lowest BCUT2D eigenvalue weighted by atomic mass is 10.1. The lowest BCUT2D eigenvalue weighted by molar-refractivity contribution is -0.125. The van der Waals surface area contributed by atoms with Crippen molar-refractivity contribution in [3.8, 4) is 0 Å². The maximum Gasteiger partial charge on any atom is 0.247 e. The standard InChI is InChI=1S/C15H21N3O2/c1-10(2)7-8-16-14(19)9-13-15(20)18-12-6-4-3-5-11(12)17-13/h3-6,10,13,17H,7-9H2,1-2H3,(H,16,19)(H,18,20). The quantitative estimate of drug-likeness (QED) is 0.769. The van der Waals surface area contributed by atoms with E-state index in [9.17, 15) is 9.59 Å². The Kier molecular flexibility index (Phi) is 4.61. The van der Waals surface area contributed by atoms with E-state index in [1.54, 1.807) is 0 Å². The predicted octanol–water partition coefficient (Wildman–Crippen LogP) is 1.97. The van der Waals surface area contributed by atoms with E-state index in [0.717, 1.165) is 17.8 Å². The smallest absolute Gasteiger partial charge is 0.247 e. The summed E-state index contributed by atoms with van der Waals surface area (Å²) >= 11 is 0. The molecule has 0 spiro atoms. The average Bonchev–Trinajstić information content (AvgIpc) is 2.39. The van der Waals surface area contributed by atoms with E-state index >= 15 is 0 Å². The van der Waals surface area contributed by atoms with Crippen LogP contribution in [-0.4, -0.2) is 24.4 Å². The van der Waals surface area contributed by atoms with Gasteiger partial charge in [-0.25, -0.2) is 0 Å². The van der Waals surface area contributed by atoms with Crippen LogP contribution in [0.3, 0.4) is 0 Å². The minimum absolute atomic E-state index is 0.0994. The number of benzene rings is 1. The van der Waals surface area contributed by atoms with Crippen molar-refractivity contribution in [2.75, 3.05) is 17.2 Å². The number of para-hydroxylation sites is 2. The second-order valence-electron chi connectivity index (χ2n) is 5.47. The van der Waals surface area contributed by atoms with Crippen LogP contribution in [0.2, 0.25) is 0 Å². The summed E-state index contributed by atoms with van der Waals surface area (Å²) in [6.07, 6.45) is 1.09. The first kappa shape index (κ1) is 14.4. The van der Waals surface area contributed by atoms with Gasteiger partial charge in [0.15, 0.2) is 0 Å². The van der Waals surface area contributed by atoms with Gasteiger partial charge in [-0.3, -0.25) is 9.59 Å². The van der Waals surface area contributed by atoms with Gasteiger partial charge in [0.05, 0.1) is 17.8 Å². The average molecular weight is 275 g/mol. The normalized spacial score (nSPS) is 17.1. The Balaban J connectivity index is 1.87. The predicted molar refractivity (Wildman–Crippen MR) is 79.6 cm³/mol. The fourth-order valence-corrected chi connectivity index (χ4v) is 2.09. The number of hydrogen-bond donors (Lipinski definition) is 3. The molecular formula is C15H21N3O2. The summed E-state index contributed by atoms with van der Waals surface area (Å²) in [5.74, 6) is 0.290. The molecule has 1 aliphatic rings. The first-order valence-corrected chi connectivity index (χ1v) is 6.99. The molecule has 1 aliphatic heterocycles. The zero-order valence-electron chi connectivity index (χ0n) is 11.9. The van der Waals surface area contributed by atoms with Gasteiger partial charge in [0.2, 0.25) is 11.8 Å². The molecule has 0 fully saturated rings. The lowest BCUT2D eigenvalue weighted by Gasteiger charge is -2.26. The molecule has 0 radical (unpaired) electrons. The van der Waals surface area contributed by atoms with Gasteiger partial charge in [0.1, 0.15) is 6.04 Å². The second-order valence-corrected chi connectivity index (χ2v) is 5.47. The van der Waals surface area contributed by atoms with Gasteiger partial charge in [0, 0.05) is 6.54 Å². The number of hydrogen-bond acceptors (Lipinski definition) is 3. The molecule has 0 aliphatic carbocycles. The maximum absolute atomic E-state index is 11.9. The minimum Gasteiger partial charge on any atom is -0.372 e. The van der Waals surface area contributed by atoms with Crippen molar-refractivity contribution in [3.63, 3.8) is 0 Å². The zero-order valence-corrected chi connectivity index (χ0v) is 11.9. The Bertz CT molecular complexity index is 500. The van der Waals surface area contributed by atoms with Crippen molar-refractivity contribution < 1.29 is 9.59 Å². The Morgan fingerprint density at radius 3 is 2.70 bits per heavy atom. The third kappa shape index (κ3) is 3.73. The Morgan fingerprint density at radius 1 is 1.30 bits per heavy atom. The van der Waals surface area contributed by atoms with Crippen molar-refractivity contribution in [2.24, 2.45) is 5.92 Å². The highest BCUT2D eigenvalue weighted by Gasteiger charge is 2.26. The molecular weight excluding hydrogens is 254 g/mol. The zero-order chi connectivity index (χ0) is 14.5. The fraction of sp³-hybridized carbons (Fsp3) is 0.467. The summed E-state index contributed by atoms with van der Waals surface area (Å²) in [5, 5.41) is 8.76. The Labute approximate surface area is 119 Å². The van der Waals surface area contributed by atoms with E-state index in [2.05, 4.69) is 29.8 Å². The molecule has 3 N–H and O–H groups in total. The van der Waals surface area contributed by atoms with E-state index in [-0.39, 0.29) is 18.2 Å². The summed E-state index contributed by atoms with van der Waals surface area (Å²) in [7, 11) is 0. The number of carbonyl (C=O) groups excluding carboxylic acids is 2. The molecule has 2 amide bonds. The SMILES string of the molecule is CC(C)CCNC(=O)CC1Nc2ccccc2NC1=O. The molecule has 5 heteroatoms. The number of rotatable bonds is 5. The van der Waals surface area contributed by atoms with Crippen LogP contribution in [-0.2, 0) is 9.59 Å². The molecule has 1 heterocycles. The van der Waals surface area contributed by atoms with Crippen LogP contribution < -0.4 is 16.0 Å². The van der Waals surface area contributed by atoms with Crippen molar-refractivity contribution in [1.82, 2.24) is 5.32 Å². The molecule has 1 unspecified atom stereocenters. The molecule has 1 aromatic carbocycles. The minimum atomic E-state index is -0.510. The van der Waals surface area contributed by atoms with Crippen LogP contribution in [0, 0.1) is 5.92 Å². The summed E-state index contributed by atoms with van der Waals surface area (Å²) in [6, 6.07) is 6.96. The van der Waals surface area contributed by atoms with Gasteiger partial charge in [0.25, 0.3) is 0 Å². The molecule has 20 heavy (non-hydrogen) atoms. The molecule has 1 aromatic rings. The molecule has 0 saturated carbocycles. The van der Waals surface area contributed by atoms with E-state index in [1.807, 2.05) is 24.3 Å². The largest absolute Gasteiger partial charge is 0.372 e. The van der Waals surface area contributed by atoms with E-state index in [0.29, 0.717) is 12.5 Å². The van der Waals surface area contributed by atoms with E-state index < -0.39 is 6.04 Å². The van der Waals surface area contributed by atoms with Crippen molar-refractivity contribution in [2.45, 2.75) is 32.7 Å². The number of fused-ring (bicyclic) bond motifs is 1. The number of nitrogens with one attached hydrogen (secondary N) is 3. The highest BCUT2D eigenvalue weighted by atomic mass is 16.2. The lowest BCUT2D eigenvalue weighted by Crippen LogP contribution is -2.42. The van der Waals surface area contributed by atoms with Crippen LogP contribution >= 0.6 is 0 Å². The molecule has 0 saturated heterocycles. The third-order valence-electron chi connectivity index (χ3n) is 3.26. The topological polar surface area (TPSA) is 70.2 Å². The molecule has 108 valence electrons. The van der Waals surface area contributed by atoms with Crippen LogP contribution in [0.5, 0.6) is 0 Å². The molecule has 5 nitrogen and oxygen atoms in total. The van der Waals surface area contributed by atoms with Crippen LogP contribution in [0.1, 0.15) is 26.7 Å². The number of carbonyl (C=O) groups is 2. The van der Waals surface area contributed by atoms with Crippen molar-refractivity contribution >= 4 is 23.2 Å². The van der Waals surface area contributed by atoms with Crippen molar-refractivity contribution in [3.05, 3.63) is 24.3 Å². The third-order valence-corrected chi connectivity index (χ3v) is 3.26. The number of amides is 2. The summed E-state index contributed by atoms with van der Waals surface area (Å²) < 4.78 is 0. The molecule has 0 bridgehead atoms. The monoisotopic (exact) mass is 275 g/mol. The van der Waals surface area contributed by atoms with Crippen LogP contribution in [0.15, 0.2) is 24.3 Å². The van der Waals surface area contributed by atoms with Gasteiger partial charge < -0.3 is 16.0 Å². The Hall–Kier alpha value is -2.04. The van der Waals surface area contributed by atoms with Crippen LogP contribution in [0.25, 0.3) is 0 Å². The maximum atomic E-state index is 11.9. The molecule has 0 aromatic heterocycles. The van der Waals surface area contributed by atoms with Crippen LogP contribution in [0.4, 0.5) is 11.4 Å². The summed E-state index contributed by atoms with van der Waals surface area (Å²) in [5.41, 5.74) is 1.61. The molecule has 1 atom stereocenters. The highest BCUT2D eigenvalue weighted by Crippen LogP contribution is 2.26. The van der Waals surface area contributed by atoms with E-state index in [1.165, 1.54) is 0 Å². The van der Waals surface area contributed by atoms with Gasteiger partial charge in [-0.05, 0) is 24.5 Å². The van der Waals surface area contributed by atoms with Gasteiger partial charge >= 0.3 is 0 Å². The fourth-order valence-electron chi connectivity index (χ4n) is 2.09. The van der Waals surface area contributed by atoms with Gasteiger partial charge in [-0.2, -0.15) is 0 Å². The van der Waals surface area contributed by atoms with Gasteiger partial charge in [-0.15, -0.1) is 0 Å². The first-order chi connectivity index (χ1) is 9.56.